The first-order valence-electron chi connectivity index (χ1n) is 6.41. The van der Waals surface area contributed by atoms with Crippen LogP contribution in [-0.2, 0) is 19.6 Å². The van der Waals surface area contributed by atoms with Crippen molar-refractivity contribution in [2.75, 3.05) is 32.6 Å². The maximum Gasteiger partial charge on any atom is 0.411 e. The Morgan fingerprint density at radius 2 is 1.91 bits per heavy atom. The number of nitrogens with zero attached hydrogens (tertiary/aromatic N) is 1. The number of halogens is 3. The number of alkyl halides is 3. The van der Waals surface area contributed by atoms with E-state index in [-0.39, 0.29) is 10.6 Å². The van der Waals surface area contributed by atoms with E-state index in [0.29, 0.717) is 5.56 Å². The summed E-state index contributed by atoms with van der Waals surface area (Å²) in [6.45, 7) is -0.730. The number of sulfonamides is 1. The summed E-state index contributed by atoms with van der Waals surface area (Å²) < 4.78 is 65.2. The van der Waals surface area contributed by atoms with E-state index in [2.05, 4.69) is 10.1 Å². The number of hydrogen-bond acceptors (Lipinski definition) is 4. The number of hydrogen-bond donors (Lipinski definition) is 1. The van der Waals surface area contributed by atoms with Gasteiger partial charge in [-0.2, -0.15) is 13.2 Å². The second-order valence-electron chi connectivity index (χ2n) is 4.92. The Morgan fingerprint density at radius 3 is 2.43 bits per heavy atom. The molecule has 0 fully saturated rings. The smallest absolute Gasteiger partial charge is 0.362 e. The third-order valence-electron chi connectivity index (χ3n) is 2.73. The van der Waals surface area contributed by atoms with Crippen LogP contribution in [0, 0.1) is 6.92 Å². The Morgan fingerprint density at radius 1 is 1.30 bits per heavy atom. The van der Waals surface area contributed by atoms with Gasteiger partial charge in [-0.25, -0.2) is 12.7 Å². The molecule has 0 aliphatic rings. The van der Waals surface area contributed by atoms with Gasteiger partial charge >= 0.3 is 6.18 Å². The fourth-order valence-electron chi connectivity index (χ4n) is 1.61. The SMILES string of the molecule is Cc1ccc(NC(=O)COCC(F)(F)F)cc1S(=O)(=O)N(C)C. The fraction of sp³-hybridized carbons (Fsp3) is 0.462. The third-order valence-corrected chi connectivity index (χ3v) is 4.69. The first-order chi connectivity index (χ1) is 10.4. The third kappa shape index (κ3) is 5.81. The number of amides is 1. The van der Waals surface area contributed by atoms with Crippen molar-refractivity contribution in [3.8, 4) is 0 Å². The van der Waals surface area contributed by atoms with Crippen molar-refractivity contribution in [3.63, 3.8) is 0 Å². The number of ether oxygens (including phenoxy) is 1. The van der Waals surface area contributed by atoms with Crippen LogP contribution in [0.25, 0.3) is 0 Å². The Balaban J connectivity index is 2.81. The van der Waals surface area contributed by atoms with Crippen molar-refractivity contribution in [1.82, 2.24) is 4.31 Å². The molecular formula is C13H17F3N2O4S. The molecule has 1 aromatic carbocycles. The summed E-state index contributed by atoms with van der Waals surface area (Å²) in [5.41, 5.74) is 0.627. The molecule has 0 bridgehead atoms. The molecule has 0 atom stereocenters. The van der Waals surface area contributed by atoms with Crippen molar-refractivity contribution in [1.29, 1.82) is 0 Å². The van der Waals surface area contributed by atoms with Crippen molar-refractivity contribution in [2.24, 2.45) is 0 Å². The van der Waals surface area contributed by atoms with Gasteiger partial charge in [0.1, 0.15) is 13.2 Å². The van der Waals surface area contributed by atoms with Crippen LogP contribution in [0.15, 0.2) is 23.1 Å². The molecule has 1 amide bonds. The Bertz CT molecular complexity index is 672. The summed E-state index contributed by atoms with van der Waals surface area (Å²) >= 11 is 0. The number of rotatable bonds is 6. The highest BCUT2D eigenvalue weighted by Gasteiger charge is 2.27. The average molecular weight is 354 g/mol. The molecule has 1 aromatic rings. The number of carbonyl (C=O) groups excluding carboxylic acids is 1. The lowest BCUT2D eigenvalue weighted by Crippen LogP contribution is -2.25. The zero-order valence-electron chi connectivity index (χ0n) is 12.8. The first kappa shape index (κ1) is 19.4. The second kappa shape index (κ2) is 7.28. The van der Waals surface area contributed by atoms with E-state index in [1.54, 1.807) is 6.92 Å². The van der Waals surface area contributed by atoms with Gasteiger partial charge in [-0.15, -0.1) is 0 Å². The number of anilines is 1. The number of benzene rings is 1. The second-order valence-corrected chi connectivity index (χ2v) is 7.04. The van der Waals surface area contributed by atoms with Crippen LogP contribution in [-0.4, -0.2) is 52.1 Å². The standard InChI is InChI=1S/C13H17F3N2O4S/c1-9-4-5-10(6-11(9)23(20,21)18(2)3)17-12(19)7-22-8-13(14,15)16/h4-6H,7-8H2,1-3H3,(H,17,19). The van der Waals surface area contributed by atoms with Crippen LogP contribution in [0.3, 0.4) is 0 Å². The predicted molar refractivity (Wildman–Crippen MR) is 77.6 cm³/mol. The average Bonchev–Trinajstić information content (AvgIpc) is 2.39. The van der Waals surface area contributed by atoms with Gasteiger partial charge in [-0.3, -0.25) is 4.79 Å². The van der Waals surface area contributed by atoms with Gasteiger partial charge in [0.25, 0.3) is 0 Å². The summed E-state index contributed by atoms with van der Waals surface area (Å²) in [6.07, 6.45) is -4.52. The van der Waals surface area contributed by atoms with Crippen LogP contribution < -0.4 is 5.32 Å². The summed E-state index contributed by atoms with van der Waals surface area (Å²) in [5, 5.41) is 2.29. The minimum atomic E-state index is -4.52. The van der Waals surface area contributed by atoms with Crippen LogP contribution in [0.2, 0.25) is 0 Å². The quantitative estimate of drug-likeness (QED) is 0.845. The van der Waals surface area contributed by atoms with Crippen molar-refractivity contribution < 1.29 is 31.1 Å². The lowest BCUT2D eigenvalue weighted by atomic mass is 10.2. The van der Waals surface area contributed by atoms with E-state index < -0.39 is 35.3 Å². The molecule has 0 aromatic heterocycles. The summed E-state index contributed by atoms with van der Waals surface area (Å²) in [4.78, 5) is 11.5. The molecule has 0 radical (unpaired) electrons. The van der Waals surface area contributed by atoms with Gasteiger partial charge in [0.15, 0.2) is 0 Å². The molecule has 0 spiro atoms. The molecule has 0 heterocycles. The molecular weight excluding hydrogens is 337 g/mol. The van der Waals surface area contributed by atoms with E-state index in [1.807, 2.05) is 0 Å². The molecule has 1 N–H and O–H groups in total. The Hall–Kier alpha value is -1.65. The normalized spacial score (nSPS) is 12.5. The van der Waals surface area contributed by atoms with Crippen LogP contribution in [0.5, 0.6) is 0 Å². The van der Waals surface area contributed by atoms with Gasteiger partial charge in [-0.1, -0.05) is 6.07 Å². The summed E-state index contributed by atoms with van der Waals surface area (Å²) in [7, 11) is -0.968. The number of carbonyl (C=O) groups is 1. The van der Waals surface area contributed by atoms with Crippen molar-refractivity contribution >= 4 is 21.6 Å². The highest BCUT2D eigenvalue weighted by Crippen LogP contribution is 2.22. The van der Waals surface area contributed by atoms with Gasteiger partial charge in [0.05, 0.1) is 4.90 Å². The first-order valence-corrected chi connectivity index (χ1v) is 7.85. The molecule has 0 aliphatic carbocycles. The largest absolute Gasteiger partial charge is 0.411 e. The molecule has 10 heteroatoms. The molecule has 0 saturated heterocycles. The van der Waals surface area contributed by atoms with Crippen molar-refractivity contribution in [2.45, 2.75) is 18.0 Å². The van der Waals surface area contributed by atoms with Crippen LogP contribution in [0.1, 0.15) is 5.56 Å². The van der Waals surface area contributed by atoms with E-state index in [4.69, 9.17) is 0 Å². The molecule has 0 unspecified atom stereocenters. The maximum atomic E-state index is 12.1. The monoisotopic (exact) mass is 354 g/mol. The molecule has 1 rings (SSSR count). The minimum absolute atomic E-state index is 0.00323. The molecule has 0 aliphatic heterocycles. The van der Waals surface area contributed by atoms with E-state index in [9.17, 15) is 26.4 Å². The zero-order valence-corrected chi connectivity index (χ0v) is 13.6. The van der Waals surface area contributed by atoms with Crippen LogP contribution >= 0.6 is 0 Å². The molecule has 6 nitrogen and oxygen atoms in total. The fourth-order valence-corrected chi connectivity index (χ4v) is 2.75. The van der Waals surface area contributed by atoms with E-state index in [1.165, 1.54) is 32.3 Å². The number of aryl methyl sites for hydroxylation is 1. The lowest BCUT2D eigenvalue weighted by Gasteiger charge is -2.15. The van der Waals surface area contributed by atoms with E-state index >= 15 is 0 Å². The van der Waals surface area contributed by atoms with E-state index in [0.717, 1.165) is 4.31 Å². The summed E-state index contributed by atoms with van der Waals surface area (Å²) in [6, 6.07) is 4.18. The predicted octanol–water partition coefficient (Wildman–Crippen LogP) is 1.76. The zero-order chi connectivity index (χ0) is 17.8. The van der Waals surface area contributed by atoms with Gasteiger partial charge < -0.3 is 10.1 Å². The minimum Gasteiger partial charge on any atom is -0.362 e. The molecule has 130 valence electrons. The highest BCUT2D eigenvalue weighted by atomic mass is 32.2. The van der Waals surface area contributed by atoms with Gasteiger partial charge in [0, 0.05) is 19.8 Å². The highest BCUT2D eigenvalue weighted by molar-refractivity contribution is 7.89. The van der Waals surface area contributed by atoms with Crippen molar-refractivity contribution in [3.05, 3.63) is 23.8 Å². The molecule has 0 saturated carbocycles. The van der Waals surface area contributed by atoms with Gasteiger partial charge in [-0.05, 0) is 24.6 Å². The molecule has 23 heavy (non-hydrogen) atoms. The Kier molecular flexibility index (Phi) is 6.14. The summed E-state index contributed by atoms with van der Waals surface area (Å²) in [5.74, 6) is -0.814. The topological polar surface area (TPSA) is 75.7 Å². The lowest BCUT2D eigenvalue weighted by molar-refractivity contribution is -0.174. The maximum absolute atomic E-state index is 12.1. The van der Waals surface area contributed by atoms with Crippen LogP contribution in [0.4, 0.5) is 18.9 Å². The number of nitrogens with one attached hydrogen (secondary N) is 1. The van der Waals surface area contributed by atoms with Gasteiger partial charge in [0.2, 0.25) is 15.9 Å². The Labute approximate surface area is 132 Å².